The first-order chi connectivity index (χ1) is 15.3. The first kappa shape index (κ1) is 26.2. The van der Waals surface area contributed by atoms with E-state index in [-0.39, 0.29) is 36.3 Å². The Balaban J connectivity index is 1.49. The van der Waals surface area contributed by atoms with Crippen molar-refractivity contribution in [1.29, 1.82) is 0 Å². The molecule has 2 saturated heterocycles. The predicted octanol–water partition coefficient (Wildman–Crippen LogP) is 0.381. The zero-order valence-electron chi connectivity index (χ0n) is 18.9. The van der Waals surface area contributed by atoms with Crippen molar-refractivity contribution in [2.45, 2.75) is 74.7 Å². The number of amides is 4. The van der Waals surface area contributed by atoms with Crippen LogP contribution in [0.15, 0.2) is 0 Å². The van der Waals surface area contributed by atoms with Crippen molar-refractivity contribution in [3.8, 4) is 0 Å². The number of aliphatic hydroxyl groups excluding tert-OH is 1. The Morgan fingerprint density at radius 3 is 2.66 bits per heavy atom. The van der Waals surface area contributed by atoms with Crippen molar-refractivity contribution in [2.24, 2.45) is 0 Å². The molecule has 4 N–H and O–H groups in total. The van der Waals surface area contributed by atoms with Gasteiger partial charge in [-0.3, -0.25) is 9.59 Å². The first-order valence-electron chi connectivity index (χ1n) is 11.3. The van der Waals surface area contributed by atoms with E-state index in [9.17, 15) is 19.2 Å². The van der Waals surface area contributed by atoms with Gasteiger partial charge in [-0.1, -0.05) is 12.8 Å². The van der Waals surface area contributed by atoms with Gasteiger partial charge in [0.2, 0.25) is 11.8 Å². The highest BCUT2D eigenvalue weighted by Gasteiger charge is 2.42. The number of urea groups is 1. The highest BCUT2D eigenvalue weighted by molar-refractivity contribution is 8.00. The minimum Gasteiger partial charge on any atom is -0.467 e. The third-order valence-corrected chi connectivity index (χ3v) is 7.40. The van der Waals surface area contributed by atoms with Gasteiger partial charge in [-0.05, 0) is 25.7 Å². The van der Waals surface area contributed by atoms with E-state index in [1.807, 2.05) is 11.8 Å². The average Bonchev–Trinajstić information content (AvgIpc) is 3.33. The third-order valence-electron chi connectivity index (χ3n) is 5.89. The van der Waals surface area contributed by atoms with Crippen LogP contribution < -0.4 is 16.0 Å². The second kappa shape index (κ2) is 13.5. The zero-order valence-corrected chi connectivity index (χ0v) is 19.7. The number of thioether (sulfide) groups is 1. The number of carbonyl (C=O) groups excluding carboxylic acids is 4. The molecule has 2 fully saturated rings. The smallest absolute Gasteiger partial charge is 0.330 e. The number of aliphatic hydroxyl groups is 1. The number of nitrogens with zero attached hydrogens (tertiary/aromatic N) is 1. The Morgan fingerprint density at radius 2 is 1.94 bits per heavy atom. The van der Waals surface area contributed by atoms with Gasteiger partial charge in [0, 0.05) is 37.4 Å². The molecule has 2 aliphatic heterocycles. The van der Waals surface area contributed by atoms with Crippen LogP contribution in [0.1, 0.15) is 51.4 Å². The summed E-state index contributed by atoms with van der Waals surface area (Å²) in [5, 5.41) is 17.9. The molecular weight excluding hydrogens is 436 g/mol. The normalized spacial score (nSPS) is 22.5. The SMILES string of the molecule is COC(=O)C(CO)NC(=O)CCCCCN(C)C(=O)CCCCC1SCC2NC(=O)NC21. The molecule has 10 nitrogen and oxygen atoms in total. The lowest BCUT2D eigenvalue weighted by molar-refractivity contribution is -0.146. The molecule has 0 bridgehead atoms. The lowest BCUT2D eigenvalue weighted by atomic mass is 10.0. The molecule has 0 aromatic heterocycles. The number of ether oxygens (including phenoxy) is 1. The maximum atomic E-state index is 12.3. The molecule has 0 aliphatic carbocycles. The van der Waals surface area contributed by atoms with E-state index in [2.05, 4.69) is 20.7 Å². The minimum absolute atomic E-state index is 0.0710. The second-order valence-corrected chi connectivity index (χ2v) is 9.59. The van der Waals surface area contributed by atoms with Crippen molar-refractivity contribution in [3.05, 3.63) is 0 Å². The monoisotopic (exact) mass is 472 g/mol. The van der Waals surface area contributed by atoms with E-state index in [1.54, 1.807) is 11.9 Å². The standard InChI is InChI=1S/C21H36N4O6S/c1-25(11-7-3-4-9-17(27)22-14(12-26)20(29)31-2)18(28)10-6-5-8-16-19-15(13-32-16)23-21(30)24-19/h14-16,19,26H,3-13H2,1-2H3,(H,22,27)(H2,23,24,30). The molecule has 182 valence electrons. The molecule has 0 radical (unpaired) electrons. The van der Waals surface area contributed by atoms with Gasteiger partial charge in [0.1, 0.15) is 0 Å². The van der Waals surface area contributed by atoms with Crippen LogP contribution in [0.3, 0.4) is 0 Å². The van der Waals surface area contributed by atoms with E-state index in [4.69, 9.17) is 5.11 Å². The van der Waals surface area contributed by atoms with Crippen molar-refractivity contribution in [3.63, 3.8) is 0 Å². The summed E-state index contributed by atoms with van der Waals surface area (Å²) in [6.45, 7) is 0.140. The molecule has 0 aromatic rings. The number of hydrogen-bond acceptors (Lipinski definition) is 7. The van der Waals surface area contributed by atoms with Crippen LogP contribution in [-0.4, -0.2) is 90.3 Å². The van der Waals surface area contributed by atoms with E-state index >= 15 is 0 Å². The fourth-order valence-corrected chi connectivity index (χ4v) is 5.52. The van der Waals surface area contributed by atoms with Gasteiger partial charge in [0.15, 0.2) is 6.04 Å². The summed E-state index contributed by atoms with van der Waals surface area (Å²) < 4.78 is 4.51. The van der Waals surface area contributed by atoms with E-state index in [0.717, 1.165) is 37.9 Å². The van der Waals surface area contributed by atoms with Crippen molar-refractivity contribution < 1.29 is 29.0 Å². The topological polar surface area (TPSA) is 137 Å². The summed E-state index contributed by atoms with van der Waals surface area (Å²) in [4.78, 5) is 48.7. The van der Waals surface area contributed by atoms with Gasteiger partial charge in [-0.15, -0.1) is 0 Å². The van der Waals surface area contributed by atoms with Crippen LogP contribution >= 0.6 is 11.8 Å². The fourth-order valence-electron chi connectivity index (χ4n) is 3.98. The number of esters is 1. The van der Waals surface area contributed by atoms with Gasteiger partial charge in [-0.2, -0.15) is 11.8 Å². The van der Waals surface area contributed by atoms with Gasteiger partial charge < -0.3 is 30.7 Å². The molecular formula is C21H36N4O6S. The molecule has 2 heterocycles. The molecule has 4 unspecified atom stereocenters. The highest BCUT2D eigenvalue weighted by Crippen LogP contribution is 2.33. The van der Waals surface area contributed by atoms with Crippen LogP contribution in [0.5, 0.6) is 0 Å². The molecule has 2 aliphatic rings. The molecule has 32 heavy (non-hydrogen) atoms. The zero-order chi connectivity index (χ0) is 23.5. The quantitative estimate of drug-likeness (QED) is 0.163. The maximum Gasteiger partial charge on any atom is 0.330 e. The van der Waals surface area contributed by atoms with Gasteiger partial charge in [-0.25, -0.2) is 9.59 Å². The van der Waals surface area contributed by atoms with E-state index < -0.39 is 18.6 Å². The number of carbonyl (C=O) groups is 4. The summed E-state index contributed by atoms with van der Waals surface area (Å²) >= 11 is 1.89. The second-order valence-electron chi connectivity index (χ2n) is 8.32. The summed E-state index contributed by atoms with van der Waals surface area (Å²) in [5.41, 5.74) is 0. The molecule has 0 aromatic carbocycles. The van der Waals surface area contributed by atoms with Crippen molar-refractivity contribution in [1.82, 2.24) is 20.9 Å². The van der Waals surface area contributed by atoms with E-state index in [0.29, 0.717) is 24.6 Å². The number of unbranched alkanes of at least 4 members (excludes halogenated alkanes) is 3. The minimum atomic E-state index is -1.03. The van der Waals surface area contributed by atoms with E-state index in [1.165, 1.54) is 7.11 Å². The molecule has 0 spiro atoms. The van der Waals surface area contributed by atoms with Gasteiger partial charge in [0.05, 0.1) is 25.8 Å². The number of fused-ring (bicyclic) bond motifs is 1. The van der Waals surface area contributed by atoms with Crippen molar-refractivity contribution >= 4 is 35.6 Å². The average molecular weight is 473 g/mol. The Labute approximate surface area is 193 Å². The Morgan fingerprint density at radius 1 is 1.19 bits per heavy atom. The van der Waals surface area contributed by atoms with Crippen LogP contribution in [0.2, 0.25) is 0 Å². The fraction of sp³-hybridized carbons (Fsp3) is 0.810. The summed E-state index contributed by atoms with van der Waals surface area (Å²) in [7, 11) is 3.00. The predicted molar refractivity (Wildman–Crippen MR) is 121 cm³/mol. The Hall–Kier alpha value is -2.01. The Bertz CT molecular complexity index is 664. The number of nitrogens with one attached hydrogen (secondary N) is 3. The van der Waals surface area contributed by atoms with Crippen LogP contribution in [0.25, 0.3) is 0 Å². The largest absolute Gasteiger partial charge is 0.467 e. The molecule has 4 amide bonds. The Kier molecular flexibility index (Phi) is 11.1. The highest BCUT2D eigenvalue weighted by atomic mass is 32.2. The molecule has 2 rings (SSSR count). The molecule has 11 heteroatoms. The van der Waals surface area contributed by atoms with Crippen LogP contribution in [0.4, 0.5) is 4.79 Å². The van der Waals surface area contributed by atoms with Gasteiger partial charge in [0.25, 0.3) is 0 Å². The maximum absolute atomic E-state index is 12.3. The molecule has 0 saturated carbocycles. The summed E-state index contributed by atoms with van der Waals surface area (Å²) in [6, 6.07) is -0.653. The lowest BCUT2D eigenvalue weighted by Crippen LogP contribution is -2.43. The van der Waals surface area contributed by atoms with Crippen LogP contribution in [0, 0.1) is 0 Å². The first-order valence-corrected chi connectivity index (χ1v) is 12.3. The van der Waals surface area contributed by atoms with Crippen molar-refractivity contribution in [2.75, 3.05) is 33.1 Å². The lowest BCUT2D eigenvalue weighted by Gasteiger charge is -2.18. The number of hydrogen-bond donors (Lipinski definition) is 4. The number of rotatable bonds is 14. The summed E-state index contributed by atoms with van der Waals surface area (Å²) in [6.07, 6.45) is 5.79. The molecule has 4 atom stereocenters. The third kappa shape index (κ3) is 8.16. The van der Waals surface area contributed by atoms with Gasteiger partial charge >= 0.3 is 12.0 Å². The van der Waals surface area contributed by atoms with Crippen LogP contribution in [-0.2, 0) is 19.1 Å². The number of methoxy groups -OCH3 is 1. The summed E-state index contributed by atoms with van der Waals surface area (Å²) in [5.74, 6) is 0.0949.